The van der Waals surface area contributed by atoms with Gasteiger partial charge in [-0.05, 0) is 12.8 Å². The first kappa shape index (κ1) is 13.8. The maximum absolute atomic E-state index is 10.4. The van der Waals surface area contributed by atoms with Gasteiger partial charge in [-0.1, -0.05) is 26.7 Å². The van der Waals surface area contributed by atoms with Crippen molar-refractivity contribution in [3.05, 3.63) is 0 Å². The Kier molecular flexibility index (Phi) is 10.4. The second-order valence-electron chi connectivity index (χ2n) is 2.59. The molecule has 2 nitrogen and oxygen atoms in total. The van der Waals surface area contributed by atoms with Gasteiger partial charge in [0.05, 0.1) is 5.92 Å². The molecule has 0 aliphatic heterocycles. The van der Waals surface area contributed by atoms with Gasteiger partial charge in [0.25, 0.3) is 0 Å². The van der Waals surface area contributed by atoms with Crippen molar-refractivity contribution in [1.82, 2.24) is 0 Å². The van der Waals surface area contributed by atoms with Gasteiger partial charge < -0.3 is 5.11 Å². The van der Waals surface area contributed by atoms with E-state index in [4.69, 9.17) is 5.11 Å². The summed E-state index contributed by atoms with van der Waals surface area (Å²) < 4.78 is 0. The molecule has 0 aliphatic rings. The first-order valence-electron chi connectivity index (χ1n) is 3.95. The Morgan fingerprint density at radius 1 is 1.45 bits per heavy atom. The molecule has 0 rings (SSSR count). The maximum atomic E-state index is 10.4. The van der Waals surface area contributed by atoms with Crippen LogP contribution < -0.4 is 0 Å². The summed E-state index contributed by atoms with van der Waals surface area (Å²) in [6, 6.07) is 0. The second kappa shape index (κ2) is 8.31. The molecular weight excluding hydrogens is 309 g/mol. The standard InChI is InChI=1S/C8H16O2.Ta/c1-3-5-6-7(4-2)8(9)10;/h7H,3-6H2,1-2H3,(H,9,10);. The molecule has 1 N–H and O–H groups in total. The van der Waals surface area contributed by atoms with Crippen molar-refractivity contribution in [3.63, 3.8) is 0 Å². The summed E-state index contributed by atoms with van der Waals surface area (Å²) in [5.41, 5.74) is 0. The van der Waals surface area contributed by atoms with E-state index in [1.54, 1.807) is 0 Å². The summed E-state index contributed by atoms with van der Waals surface area (Å²) in [5.74, 6) is -0.754. The molecule has 0 aromatic carbocycles. The van der Waals surface area contributed by atoms with Crippen LogP contribution in [-0.2, 0) is 27.2 Å². The van der Waals surface area contributed by atoms with Crippen molar-refractivity contribution in [2.75, 3.05) is 0 Å². The Morgan fingerprint density at radius 2 is 2.00 bits per heavy atom. The minimum Gasteiger partial charge on any atom is -0.481 e. The van der Waals surface area contributed by atoms with E-state index < -0.39 is 5.97 Å². The van der Waals surface area contributed by atoms with Crippen LogP contribution in [0, 0.1) is 5.92 Å². The minimum atomic E-state index is -0.643. The van der Waals surface area contributed by atoms with E-state index in [-0.39, 0.29) is 28.3 Å². The van der Waals surface area contributed by atoms with Crippen LogP contribution in [-0.4, -0.2) is 11.1 Å². The van der Waals surface area contributed by atoms with Gasteiger partial charge in [-0.3, -0.25) is 4.79 Å². The molecule has 65 valence electrons. The van der Waals surface area contributed by atoms with Gasteiger partial charge in [-0.15, -0.1) is 0 Å². The zero-order valence-electron chi connectivity index (χ0n) is 7.21. The summed E-state index contributed by atoms with van der Waals surface area (Å²) in [7, 11) is 0. The van der Waals surface area contributed by atoms with Gasteiger partial charge in [0.15, 0.2) is 0 Å². The molecule has 3 heteroatoms. The number of rotatable bonds is 5. The topological polar surface area (TPSA) is 37.3 Å². The molecule has 1 atom stereocenters. The van der Waals surface area contributed by atoms with E-state index in [1.165, 1.54) is 0 Å². The number of carbonyl (C=O) groups is 1. The molecule has 0 saturated heterocycles. The molecule has 0 spiro atoms. The maximum Gasteiger partial charge on any atom is 0.306 e. The van der Waals surface area contributed by atoms with E-state index in [0.29, 0.717) is 0 Å². The van der Waals surface area contributed by atoms with Crippen LogP contribution in [0.25, 0.3) is 0 Å². The molecular formula is C8H16O2Ta. The van der Waals surface area contributed by atoms with E-state index in [1.807, 2.05) is 6.92 Å². The Morgan fingerprint density at radius 3 is 2.27 bits per heavy atom. The van der Waals surface area contributed by atoms with Crippen LogP contribution in [0.1, 0.15) is 39.5 Å². The van der Waals surface area contributed by atoms with Crippen LogP contribution in [0.2, 0.25) is 0 Å². The SMILES string of the molecule is CCCCC(CC)C(=O)O.[Ta]. The van der Waals surface area contributed by atoms with E-state index in [2.05, 4.69) is 6.92 Å². The van der Waals surface area contributed by atoms with E-state index >= 15 is 0 Å². The number of carboxylic acids is 1. The summed E-state index contributed by atoms with van der Waals surface area (Å²) in [6.07, 6.45) is 3.71. The predicted molar refractivity (Wildman–Crippen MR) is 40.9 cm³/mol. The summed E-state index contributed by atoms with van der Waals surface area (Å²) in [6.45, 7) is 4.00. The Labute approximate surface area is 83.9 Å². The summed E-state index contributed by atoms with van der Waals surface area (Å²) in [4.78, 5) is 10.4. The molecule has 0 saturated carbocycles. The minimum absolute atomic E-state index is 0. The average Bonchev–Trinajstić information content (AvgIpc) is 1.89. The molecule has 0 aromatic heterocycles. The Balaban J connectivity index is 0. The monoisotopic (exact) mass is 325 g/mol. The van der Waals surface area contributed by atoms with Crippen molar-refractivity contribution < 1.29 is 32.3 Å². The zero-order valence-corrected chi connectivity index (χ0v) is 10.4. The van der Waals surface area contributed by atoms with Crippen LogP contribution in [0.15, 0.2) is 0 Å². The molecule has 0 bridgehead atoms. The van der Waals surface area contributed by atoms with Crippen molar-refractivity contribution >= 4 is 5.97 Å². The normalized spacial score (nSPS) is 11.8. The average molecular weight is 325 g/mol. The smallest absolute Gasteiger partial charge is 0.306 e. The molecule has 1 unspecified atom stereocenters. The summed E-state index contributed by atoms with van der Waals surface area (Å²) in [5, 5.41) is 8.60. The largest absolute Gasteiger partial charge is 0.481 e. The molecule has 0 fully saturated rings. The van der Waals surface area contributed by atoms with Crippen LogP contribution in [0.5, 0.6) is 0 Å². The van der Waals surface area contributed by atoms with Gasteiger partial charge in [-0.25, -0.2) is 0 Å². The predicted octanol–water partition coefficient (Wildman–Crippen LogP) is 2.28. The van der Waals surface area contributed by atoms with Gasteiger partial charge in [0, 0.05) is 22.4 Å². The van der Waals surface area contributed by atoms with Crippen LogP contribution in [0.3, 0.4) is 0 Å². The third-order valence-electron chi connectivity index (χ3n) is 1.75. The number of hydrogen-bond acceptors (Lipinski definition) is 1. The van der Waals surface area contributed by atoms with Crippen molar-refractivity contribution in [1.29, 1.82) is 0 Å². The van der Waals surface area contributed by atoms with Crippen molar-refractivity contribution in [2.24, 2.45) is 5.92 Å². The third-order valence-corrected chi connectivity index (χ3v) is 1.75. The van der Waals surface area contributed by atoms with Gasteiger partial charge in [0.1, 0.15) is 0 Å². The second-order valence-corrected chi connectivity index (χ2v) is 2.59. The first-order valence-corrected chi connectivity index (χ1v) is 3.95. The molecule has 0 heterocycles. The van der Waals surface area contributed by atoms with Crippen molar-refractivity contribution in [2.45, 2.75) is 39.5 Å². The van der Waals surface area contributed by atoms with Crippen molar-refractivity contribution in [3.8, 4) is 0 Å². The number of hydrogen-bond donors (Lipinski definition) is 1. The number of aliphatic carboxylic acids is 1. The summed E-state index contributed by atoms with van der Waals surface area (Å²) >= 11 is 0. The number of carboxylic acid groups (broad SMARTS) is 1. The Hall–Kier alpha value is 0.210. The fraction of sp³-hybridized carbons (Fsp3) is 0.875. The van der Waals surface area contributed by atoms with Crippen LogP contribution in [0.4, 0.5) is 0 Å². The fourth-order valence-corrected chi connectivity index (χ4v) is 0.953. The van der Waals surface area contributed by atoms with Gasteiger partial charge in [0.2, 0.25) is 0 Å². The quantitative estimate of drug-likeness (QED) is 0.842. The van der Waals surface area contributed by atoms with Gasteiger partial charge >= 0.3 is 5.97 Å². The van der Waals surface area contributed by atoms with Gasteiger partial charge in [-0.2, -0.15) is 0 Å². The number of unbranched alkanes of at least 4 members (excludes halogenated alkanes) is 1. The molecule has 0 aliphatic carbocycles. The Bertz CT molecular complexity index is 104. The molecule has 1 radical (unpaired) electrons. The molecule has 0 aromatic rings. The van der Waals surface area contributed by atoms with E-state index in [0.717, 1.165) is 25.7 Å². The third kappa shape index (κ3) is 6.60. The zero-order chi connectivity index (χ0) is 7.98. The first-order chi connectivity index (χ1) is 4.72. The fourth-order valence-electron chi connectivity index (χ4n) is 0.953. The van der Waals surface area contributed by atoms with E-state index in [9.17, 15) is 4.79 Å². The van der Waals surface area contributed by atoms with Crippen LogP contribution >= 0.6 is 0 Å². The molecule has 0 amide bonds. The molecule has 11 heavy (non-hydrogen) atoms.